The first-order valence-electron chi connectivity index (χ1n) is 4.66. The molecule has 0 spiro atoms. The topological polar surface area (TPSA) is 69.2 Å². The largest absolute Gasteiger partial charge is 0.545 e. The van der Waals surface area contributed by atoms with Crippen LogP contribution in [0.3, 0.4) is 0 Å². The second-order valence-electron chi connectivity index (χ2n) is 3.20. The number of carbonyl (C=O) groups excluding carboxylic acids is 2. The number of hydrogen-bond donors (Lipinski definition) is 1. The first-order chi connectivity index (χ1) is 7.04. The quantitative estimate of drug-likeness (QED) is 0.786. The summed E-state index contributed by atoms with van der Waals surface area (Å²) in [5, 5.41) is 13.3. The molecule has 1 aromatic rings. The van der Waals surface area contributed by atoms with Crippen LogP contribution in [0.5, 0.6) is 0 Å². The van der Waals surface area contributed by atoms with Crippen molar-refractivity contribution in [3.8, 4) is 0 Å². The van der Waals surface area contributed by atoms with Gasteiger partial charge in [-0.1, -0.05) is 13.0 Å². The number of carboxylic acids is 1. The summed E-state index contributed by atoms with van der Waals surface area (Å²) in [7, 11) is 0. The van der Waals surface area contributed by atoms with Crippen LogP contribution in [0.25, 0.3) is 0 Å². The SMILES string of the molecule is CCc1ccc(NC(C)=O)c(C(=O)[O-])c1. The number of anilines is 1. The zero-order chi connectivity index (χ0) is 11.4. The molecule has 4 heteroatoms. The van der Waals surface area contributed by atoms with Crippen molar-refractivity contribution in [3.63, 3.8) is 0 Å². The summed E-state index contributed by atoms with van der Waals surface area (Å²) in [5.74, 6) is -1.59. The van der Waals surface area contributed by atoms with Crippen LogP contribution in [-0.4, -0.2) is 11.9 Å². The van der Waals surface area contributed by atoms with Gasteiger partial charge in [0.2, 0.25) is 5.91 Å². The standard InChI is InChI=1S/C11H13NO3/c1-3-8-4-5-10(12-7(2)13)9(6-8)11(14)15/h4-6H,3H2,1-2H3,(H,12,13)(H,14,15)/p-1. The van der Waals surface area contributed by atoms with Crippen LogP contribution in [0, 0.1) is 0 Å². The molecule has 1 rings (SSSR count). The lowest BCUT2D eigenvalue weighted by Crippen LogP contribution is -2.24. The van der Waals surface area contributed by atoms with Gasteiger partial charge in [-0.25, -0.2) is 0 Å². The van der Waals surface area contributed by atoms with Gasteiger partial charge in [0, 0.05) is 18.2 Å². The van der Waals surface area contributed by atoms with Crippen LogP contribution in [-0.2, 0) is 11.2 Å². The molecular weight excluding hydrogens is 194 g/mol. The number of aryl methyl sites for hydroxylation is 1. The highest BCUT2D eigenvalue weighted by atomic mass is 16.4. The van der Waals surface area contributed by atoms with Gasteiger partial charge in [-0.3, -0.25) is 4.79 Å². The summed E-state index contributed by atoms with van der Waals surface area (Å²) < 4.78 is 0. The van der Waals surface area contributed by atoms with Gasteiger partial charge in [0.25, 0.3) is 0 Å². The monoisotopic (exact) mass is 206 g/mol. The van der Waals surface area contributed by atoms with Crippen molar-refractivity contribution in [2.45, 2.75) is 20.3 Å². The maximum atomic E-state index is 10.8. The molecule has 0 aliphatic rings. The van der Waals surface area contributed by atoms with Crippen LogP contribution in [0.1, 0.15) is 29.8 Å². The van der Waals surface area contributed by atoms with Crippen LogP contribution in [0.4, 0.5) is 5.69 Å². The van der Waals surface area contributed by atoms with E-state index in [0.717, 1.165) is 12.0 Å². The van der Waals surface area contributed by atoms with Crippen molar-refractivity contribution >= 4 is 17.6 Å². The van der Waals surface area contributed by atoms with Gasteiger partial charge in [-0.2, -0.15) is 0 Å². The Hall–Kier alpha value is -1.84. The van der Waals surface area contributed by atoms with Gasteiger partial charge >= 0.3 is 0 Å². The molecule has 1 amide bonds. The van der Waals surface area contributed by atoms with Crippen molar-refractivity contribution in [2.24, 2.45) is 0 Å². The zero-order valence-corrected chi connectivity index (χ0v) is 8.66. The van der Waals surface area contributed by atoms with Crippen LogP contribution in [0.2, 0.25) is 0 Å². The number of carbonyl (C=O) groups is 2. The predicted octanol–water partition coefficient (Wildman–Crippen LogP) is 0.571. The summed E-state index contributed by atoms with van der Waals surface area (Å²) in [6.07, 6.45) is 0.737. The molecule has 0 unspecified atom stereocenters. The first-order valence-corrected chi connectivity index (χ1v) is 4.66. The smallest absolute Gasteiger partial charge is 0.221 e. The van der Waals surface area contributed by atoms with Gasteiger partial charge in [0.1, 0.15) is 0 Å². The van der Waals surface area contributed by atoms with E-state index in [-0.39, 0.29) is 17.2 Å². The second-order valence-corrected chi connectivity index (χ2v) is 3.20. The number of aromatic carboxylic acids is 1. The molecule has 0 aliphatic carbocycles. The zero-order valence-electron chi connectivity index (χ0n) is 8.66. The maximum absolute atomic E-state index is 10.8. The second kappa shape index (κ2) is 4.59. The third kappa shape index (κ3) is 2.80. The summed E-state index contributed by atoms with van der Waals surface area (Å²) in [4.78, 5) is 21.6. The third-order valence-electron chi connectivity index (χ3n) is 2.02. The molecular formula is C11H12NO3-. The minimum Gasteiger partial charge on any atom is -0.545 e. The summed E-state index contributed by atoms with van der Waals surface area (Å²) in [6.45, 7) is 3.25. The molecule has 0 bridgehead atoms. The van der Waals surface area contributed by atoms with E-state index in [1.165, 1.54) is 13.0 Å². The van der Waals surface area contributed by atoms with E-state index in [2.05, 4.69) is 5.32 Å². The molecule has 0 radical (unpaired) electrons. The number of hydrogen-bond acceptors (Lipinski definition) is 3. The van der Waals surface area contributed by atoms with Crippen molar-refractivity contribution in [1.29, 1.82) is 0 Å². The number of amides is 1. The first kappa shape index (κ1) is 11.2. The van der Waals surface area contributed by atoms with Gasteiger partial charge in [-0.15, -0.1) is 0 Å². The third-order valence-corrected chi connectivity index (χ3v) is 2.02. The Morgan fingerprint density at radius 1 is 1.40 bits per heavy atom. The Bertz CT molecular complexity index is 399. The van der Waals surface area contributed by atoms with E-state index in [4.69, 9.17) is 0 Å². The fourth-order valence-corrected chi connectivity index (χ4v) is 1.28. The highest BCUT2D eigenvalue weighted by molar-refractivity contribution is 5.99. The van der Waals surface area contributed by atoms with Crippen LogP contribution >= 0.6 is 0 Å². The van der Waals surface area contributed by atoms with Crippen molar-refractivity contribution in [1.82, 2.24) is 0 Å². The number of rotatable bonds is 3. The Morgan fingerprint density at radius 3 is 2.53 bits per heavy atom. The van der Waals surface area contributed by atoms with Crippen molar-refractivity contribution < 1.29 is 14.7 Å². The van der Waals surface area contributed by atoms with E-state index >= 15 is 0 Å². The normalized spacial score (nSPS) is 9.73. The van der Waals surface area contributed by atoms with E-state index in [1.807, 2.05) is 6.92 Å². The molecule has 4 nitrogen and oxygen atoms in total. The van der Waals surface area contributed by atoms with Gasteiger partial charge in [-0.05, 0) is 24.1 Å². The minimum atomic E-state index is -1.28. The predicted molar refractivity (Wildman–Crippen MR) is 54.5 cm³/mol. The number of benzene rings is 1. The Labute approximate surface area is 87.9 Å². The molecule has 0 heterocycles. The summed E-state index contributed by atoms with van der Waals surface area (Å²) >= 11 is 0. The Morgan fingerprint density at radius 2 is 2.07 bits per heavy atom. The lowest BCUT2D eigenvalue weighted by Gasteiger charge is -2.12. The van der Waals surface area contributed by atoms with Gasteiger partial charge in [0.15, 0.2) is 0 Å². The lowest BCUT2D eigenvalue weighted by atomic mass is 10.1. The fourth-order valence-electron chi connectivity index (χ4n) is 1.28. The lowest BCUT2D eigenvalue weighted by molar-refractivity contribution is -0.254. The number of nitrogens with one attached hydrogen (secondary N) is 1. The Kier molecular flexibility index (Phi) is 3.44. The molecule has 0 aromatic heterocycles. The average Bonchev–Trinajstić information content (AvgIpc) is 2.17. The van der Waals surface area contributed by atoms with Crippen molar-refractivity contribution in [3.05, 3.63) is 29.3 Å². The molecule has 0 atom stereocenters. The highest BCUT2D eigenvalue weighted by Gasteiger charge is 2.05. The van der Waals surface area contributed by atoms with E-state index in [9.17, 15) is 14.7 Å². The molecule has 0 saturated carbocycles. The number of carboxylic acid groups (broad SMARTS) is 1. The van der Waals surface area contributed by atoms with Crippen molar-refractivity contribution in [2.75, 3.05) is 5.32 Å². The molecule has 1 N–H and O–H groups in total. The highest BCUT2D eigenvalue weighted by Crippen LogP contribution is 2.17. The summed E-state index contributed by atoms with van der Waals surface area (Å²) in [5.41, 5.74) is 1.19. The fraction of sp³-hybridized carbons (Fsp3) is 0.273. The average molecular weight is 206 g/mol. The molecule has 0 fully saturated rings. The molecule has 15 heavy (non-hydrogen) atoms. The summed E-state index contributed by atoms with van der Waals surface area (Å²) in [6, 6.07) is 4.86. The van der Waals surface area contributed by atoms with E-state index < -0.39 is 5.97 Å². The van der Waals surface area contributed by atoms with Gasteiger partial charge in [0.05, 0.1) is 5.97 Å². The minimum absolute atomic E-state index is 0.0181. The molecule has 0 aliphatic heterocycles. The van der Waals surface area contributed by atoms with E-state index in [1.54, 1.807) is 12.1 Å². The molecule has 1 aromatic carbocycles. The van der Waals surface area contributed by atoms with Gasteiger partial charge < -0.3 is 15.2 Å². The maximum Gasteiger partial charge on any atom is 0.221 e. The molecule has 80 valence electrons. The van der Waals surface area contributed by atoms with Crippen LogP contribution < -0.4 is 10.4 Å². The Balaban J connectivity index is 3.15. The van der Waals surface area contributed by atoms with Crippen LogP contribution in [0.15, 0.2) is 18.2 Å². The van der Waals surface area contributed by atoms with E-state index in [0.29, 0.717) is 0 Å². The molecule has 0 saturated heterocycles.